The Morgan fingerprint density at radius 2 is 1.86 bits per heavy atom. The van der Waals surface area contributed by atoms with Crippen LogP contribution in [0.25, 0.3) is 0 Å². The van der Waals surface area contributed by atoms with E-state index in [1.807, 2.05) is 0 Å². The highest BCUT2D eigenvalue weighted by molar-refractivity contribution is 5.89. The first kappa shape index (κ1) is 9.85. The summed E-state index contributed by atoms with van der Waals surface area (Å²) >= 11 is 0. The van der Waals surface area contributed by atoms with Gasteiger partial charge in [0.25, 0.3) is 0 Å². The van der Waals surface area contributed by atoms with Crippen LogP contribution in [0.4, 0.5) is 10.5 Å². The van der Waals surface area contributed by atoms with E-state index in [9.17, 15) is 9.59 Å². The Morgan fingerprint density at radius 1 is 1.21 bits per heavy atom. The maximum absolute atomic E-state index is 10.5. The maximum atomic E-state index is 10.5. The van der Waals surface area contributed by atoms with Gasteiger partial charge in [-0.1, -0.05) is 0 Å². The molecule has 0 saturated carbocycles. The second-order valence-corrected chi connectivity index (χ2v) is 2.46. The van der Waals surface area contributed by atoms with Gasteiger partial charge in [0.2, 0.25) is 0 Å². The molecular formula is C8H7NO5. The van der Waals surface area contributed by atoms with Gasteiger partial charge in [-0.3, -0.25) is 0 Å². The van der Waals surface area contributed by atoms with Crippen LogP contribution in [-0.2, 0) is 0 Å². The Hall–Kier alpha value is -2.24. The van der Waals surface area contributed by atoms with Gasteiger partial charge in [0.05, 0.1) is 5.56 Å². The number of carbonyl (C=O) groups is 2. The number of hydrogen-bond donors (Lipinski definition) is 3. The molecular weight excluding hydrogens is 190 g/mol. The fourth-order valence-corrected chi connectivity index (χ4v) is 0.905. The molecule has 1 aromatic rings. The predicted octanol–water partition coefficient (Wildman–Crippen LogP) is 1.02. The molecule has 0 fully saturated rings. The maximum Gasteiger partial charge on any atom is 0.511 e. The standard InChI is InChI=1S/C8H7NO5/c9-5-1-4(7(10)11)2-6(3-5)14-8(12)13/h1-3H,9H2,(H,10,11)(H,12,13). The summed E-state index contributed by atoms with van der Waals surface area (Å²) in [5, 5.41) is 16.9. The minimum atomic E-state index is -1.52. The first-order valence-electron chi connectivity index (χ1n) is 3.53. The molecule has 0 aliphatic carbocycles. The van der Waals surface area contributed by atoms with Gasteiger partial charge in [-0.2, -0.15) is 0 Å². The van der Waals surface area contributed by atoms with Crippen molar-refractivity contribution in [1.82, 2.24) is 0 Å². The predicted molar refractivity (Wildman–Crippen MR) is 46.5 cm³/mol. The van der Waals surface area contributed by atoms with Crippen molar-refractivity contribution in [2.75, 3.05) is 5.73 Å². The number of nitrogen functional groups attached to an aromatic ring is 1. The lowest BCUT2D eigenvalue weighted by Crippen LogP contribution is -2.05. The van der Waals surface area contributed by atoms with Crippen molar-refractivity contribution >= 4 is 17.8 Å². The Kier molecular flexibility index (Phi) is 2.57. The van der Waals surface area contributed by atoms with Gasteiger partial charge in [-0.15, -0.1) is 0 Å². The van der Waals surface area contributed by atoms with Crippen LogP contribution in [0.5, 0.6) is 5.75 Å². The molecule has 0 heterocycles. The van der Waals surface area contributed by atoms with Crippen molar-refractivity contribution in [1.29, 1.82) is 0 Å². The van der Waals surface area contributed by atoms with Crippen LogP contribution in [0.1, 0.15) is 10.4 Å². The molecule has 0 aromatic heterocycles. The summed E-state index contributed by atoms with van der Waals surface area (Å²) in [7, 11) is 0. The molecule has 4 N–H and O–H groups in total. The second-order valence-electron chi connectivity index (χ2n) is 2.46. The highest BCUT2D eigenvalue weighted by Crippen LogP contribution is 2.18. The highest BCUT2D eigenvalue weighted by atomic mass is 16.7. The van der Waals surface area contributed by atoms with E-state index >= 15 is 0 Å². The van der Waals surface area contributed by atoms with Gasteiger partial charge in [0, 0.05) is 11.8 Å². The van der Waals surface area contributed by atoms with Crippen LogP contribution in [0.15, 0.2) is 18.2 Å². The summed E-state index contributed by atoms with van der Waals surface area (Å²) in [6, 6.07) is 3.50. The smallest absolute Gasteiger partial charge is 0.478 e. The molecule has 0 radical (unpaired) electrons. The molecule has 0 aliphatic heterocycles. The largest absolute Gasteiger partial charge is 0.511 e. The zero-order chi connectivity index (χ0) is 10.7. The minimum Gasteiger partial charge on any atom is -0.478 e. The van der Waals surface area contributed by atoms with Crippen LogP contribution < -0.4 is 10.5 Å². The summed E-state index contributed by atoms with van der Waals surface area (Å²) in [6.45, 7) is 0. The van der Waals surface area contributed by atoms with Gasteiger partial charge < -0.3 is 20.7 Å². The summed E-state index contributed by atoms with van der Waals surface area (Å²) in [4.78, 5) is 20.7. The van der Waals surface area contributed by atoms with Crippen LogP contribution >= 0.6 is 0 Å². The SMILES string of the molecule is Nc1cc(OC(=O)O)cc(C(=O)O)c1. The number of nitrogens with two attached hydrogens (primary N) is 1. The molecule has 0 spiro atoms. The van der Waals surface area contributed by atoms with Crippen LogP contribution in [0.2, 0.25) is 0 Å². The molecule has 74 valence electrons. The average Bonchev–Trinajstić information content (AvgIpc) is 2.01. The molecule has 0 amide bonds. The fourth-order valence-electron chi connectivity index (χ4n) is 0.905. The quantitative estimate of drug-likeness (QED) is 0.371. The number of anilines is 1. The molecule has 6 heteroatoms. The number of carboxylic acids is 1. The molecule has 0 atom stereocenters. The van der Waals surface area contributed by atoms with E-state index in [2.05, 4.69) is 4.74 Å². The van der Waals surface area contributed by atoms with E-state index in [0.717, 1.165) is 6.07 Å². The molecule has 1 rings (SSSR count). The monoisotopic (exact) mass is 197 g/mol. The van der Waals surface area contributed by atoms with Gasteiger partial charge in [0.1, 0.15) is 5.75 Å². The first-order valence-corrected chi connectivity index (χ1v) is 3.53. The van der Waals surface area contributed by atoms with E-state index in [-0.39, 0.29) is 17.0 Å². The molecule has 0 saturated heterocycles. The minimum absolute atomic E-state index is 0.116. The van der Waals surface area contributed by atoms with Crippen molar-refractivity contribution in [3.8, 4) is 5.75 Å². The Labute approximate surface area is 78.5 Å². The molecule has 0 aliphatic rings. The van der Waals surface area contributed by atoms with Gasteiger partial charge in [0.15, 0.2) is 0 Å². The van der Waals surface area contributed by atoms with E-state index in [4.69, 9.17) is 15.9 Å². The molecule has 0 bridgehead atoms. The number of ether oxygens (including phenoxy) is 1. The zero-order valence-electron chi connectivity index (χ0n) is 6.93. The Bertz CT molecular complexity index is 387. The van der Waals surface area contributed by atoms with Gasteiger partial charge in [-0.05, 0) is 12.1 Å². The van der Waals surface area contributed by atoms with E-state index < -0.39 is 12.1 Å². The third-order valence-corrected chi connectivity index (χ3v) is 1.38. The molecule has 0 unspecified atom stereocenters. The van der Waals surface area contributed by atoms with Crippen molar-refractivity contribution < 1.29 is 24.5 Å². The number of carboxylic acid groups (broad SMARTS) is 2. The first-order chi connectivity index (χ1) is 6.49. The van der Waals surface area contributed by atoms with Crippen molar-refractivity contribution in [3.05, 3.63) is 23.8 Å². The van der Waals surface area contributed by atoms with Crippen molar-refractivity contribution in [2.45, 2.75) is 0 Å². The van der Waals surface area contributed by atoms with Gasteiger partial charge in [-0.25, -0.2) is 9.59 Å². The topological polar surface area (TPSA) is 110 Å². The van der Waals surface area contributed by atoms with Crippen LogP contribution in [0.3, 0.4) is 0 Å². The fraction of sp³-hybridized carbons (Fsp3) is 0. The number of hydrogen-bond acceptors (Lipinski definition) is 4. The molecule has 6 nitrogen and oxygen atoms in total. The van der Waals surface area contributed by atoms with E-state index in [1.54, 1.807) is 0 Å². The normalized spacial score (nSPS) is 9.43. The second kappa shape index (κ2) is 3.65. The summed E-state index contributed by atoms with van der Waals surface area (Å²) in [6.07, 6.45) is -1.52. The Balaban J connectivity index is 3.07. The summed E-state index contributed by atoms with van der Waals surface area (Å²) in [5.74, 6) is -1.32. The third-order valence-electron chi connectivity index (χ3n) is 1.38. The zero-order valence-corrected chi connectivity index (χ0v) is 6.93. The lowest BCUT2D eigenvalue weighted by atomic mass is 10.2. The highest BCUT2D eigenvalue weighted by Gasteiger charge is 2.08. The Morgan fingerprint density at radius 3 is 2.36 bits per heavy atom. The lowest BCUT2D eigenvalue weighted by molar-refractivity contribution is 0.0695. The van der Waals surface area contributed by atoms with Crippen LogP contribution in [0, 0.1) is 0 Å². The molecule has 14 heavy (non-hydrogen) atoms. The van der Waals surface area contributed by atoms with E-state index in [0.29, 0.717) is 0 Å². The number of rotatable bonds is 2. The van der Waals surface area contributed by atoms with Crippen LogP contribution in [-0.4, -0.2) is 22.3 Å². The number of benzene rings is 1. The van der Waals surface area contributed by atoms with Gasteiger partial charge >= 0.3 is 12.1 Å². The van der Waals surface area contributed by atoms with Crippen molar-refractivity contribution in [3.63, 3.8) is 0 Å². The van der Waals surface area contributed by atoms with Crippen molar-refractivity contribution in [2.24, 2.45) is 0 Å². The lowest BCUT2D eigenvalue weighted by Gasteiger charge is -2.02. The van der Waals surface area contributed by atoms with E-state index in [1.165, 1.54) is 12.1 Å². The summed E-state index contributed by atoms with van der Waals surface area (Å²) < 4.78 is 4.26. The number of aromatic carboxylic acids is 1. The molecule has 1 aromatic carbocycles. The third kappa shape index (κ3) is 2.37. The summed E-state index contributed by atoms with van der Waals surface area (Å²) in [5.41, 5.74) is 5.34. The average molecular weight is 197 g/mol.